The van der Waals surface area contributed by atoms with E-state index in [1.54, 1.807) is 28.5 Å². The summed E-state index contributed by atoms with van der Waals surface area (Å²) in [6.07, 6.45) is 7.51. The van der Waals surface area contributed by atoms with Crippen molar-refractivity contribution in [2.24, 2.45) is 7.05 Å². The largest absolute Gasteiger partial charge is 0.376 e. The molecule has 0 bridgehead atoms. The van der Waals surface area contributed by atoms with Gasteiger partial charge in [0.25, 0.3) is 5.91 Å². The molecule has 29 heavy (non-hydrogen) atoms. The van der Waals surface area contributed by atoms with Gasteiger partial charge in [0.1, 0.15) is 0 Å². The summed E-state index contributed by atoms with van der Waals surface area (Å²) in [7, 11) is 1.97. The summed E-state index contributed by atoms with van der Waals surface area (Å²) in [5, 5.41) is 5.13. The van der Waals surface area contributed by atoms with Crippen LogP contribution in [0.3, 0.4) is 0 Å². The van der Waals surface area contributed by atoms with Gasteiger partial charge in [-0.3, -0.25) is 19.4 Å². The van der Waals surface area contributed by atoms with Gasteiger partial charge >= 0.3 is 0 Å². The summed E-state index contributed by atoms with van der Waals surface area (Å²) in [5.41, 5.74) is 4.59. The highest BCUT2D eigenvalue weighted by Crippen LogP contribution is 2.39. The Hall–Kier alpha value is -2.58. The average molecular weight is 410 g/mol. The Morgan fingerprint density at radius 1 is 1.41 bits per heavy atom. The zero-order valence-electron chi connectivity index (χ0n) is 16.6. The van der Waals surface area contributed by atoms with Crippen molar-refractivity contribution in [1.82, 2.24) is 19.7 Å². The zero-order chi connectivity index (χ0) is 20.0. The lowest BCUT2D eigenvalue weighted by molar-refractivity contribution is 0.0916. The van der Waals surface area contributed by atoms with E-state index >= 15 is 0 Å². The van der Waals surface area contributed by atoms with Crippen LogP contribution < -0.4 is 4.90 Å². The first-order valence-electron chi connectivity index (χ1n) is 9.98. The van der Waals surface area contributed by atoms with Crippen LogP contribution in [0.5, 0.6) is 0 Å². The number of thiazole rings is 1. The van der Waals surface area contributed by atoms with E-state index in [1.807, 2.05) is 30.9 Å². The Balaban J connectivity index is 1.54. The Morgan fingerprint density at radius 3 is 3.10 bits per heavy atom. The number of anilines is 1. The van der Waals surface area contributed by atoms with Gasteiger partial charge in [0, 0.05) is 41.7 Å². The van der Waals surface area contributed by atoms with E-state index in [0.717, 1.165) is 54.4 Å². The van der Waals surface area contributed by atoms with Crippen molar-refractivity contribution >= 4 is 22.4 Å². The van der Waals surface area contributed by atoms with Crippen LogP contribution in [-0.2, 0) is 24.6 Å². The molecule has 2 aliphatic rings. The molecule has 1 aliphatic heterocycles. The number of hydrogen-bond donors (Lipinski definition) is 0. The van der Waals surface area contributed by atoms with E-state index in [9.17, 15) is 4.79 Å². The van der Waals surface area contributed by atoms with E-state index < -0.39 is 0 Å². The van der Waals surface area contributed by atoms with Gasteiger partial charge in [-0.1, -0.05) is 0 Å². The molecule has 7 nitrogen and oxygen atoms in total. The molecule has 1 aliphatic carbocycles. The lowest BCUT2D eigenvalue weighted by Crippen LogP contribution is -2.38. The number of carbonyl (C=O) groups is 1. The molecule has 0 unspecified atom stereocenters. The summed E-state index contributed by atoms with van der Waals surface area (Å²) < 4.78 is 7.76. The predicted molar refractivity (Wildman–Crippen MR) is 111 cm³/mol. The summed E-state index contributed by atoms with van der Waals surface area (Å²) in [6, 6.07) is 3.64. The number of amides is 1. The van der Waals surface area contributed by atoms with Gasteiger partial charge in [0.15, 0.2) is 5.13 Å². The SMILES string of the molecule is Cc1ncccc1C(=O)N(C[C@H]1CCCO1)c1nc2c(s1)CCc1c-2cnn1C. The predicted octanol–water partition coefficient (Wildman–Crippen LogP) is 3.17. The average Bonchev–Trinajstić information content (AvgIpc) is 3.45. The van der Waals surface area contributed by atoms with Gasteiger partial charge in [-0.05, 0) is 44.7 Å². The highest BCUT2D eigenvalue weighted by atomic mass is 32.1. The highest BCUT2D eigenvalue weighted by molar-refractivity contribution is 7.16. The van der Waals surface area contributed by atoms with Crippen LogP contribution in [0.25, 0.3) is 11.3 Å². The second-order valence-corrected chi connectivity index (χ2v) is 8.65. The molecule has 1 saturated heterocycles. The standard InChI is InChI=1S/C21H23N5O2S/c1-13-15(6-3-9-22-13)20(27)26(12-14-5-4-10-28-14)21-24-19-16-11-23-25(2)17(16)7-8-18(19)29-21/h3,6,9,11,14H,4-5,7-8,10,12H2,1-2H3/t14-/m1/s1. The molecule has 1 amide bonds. The number of carbonyl (C=O) groups excluding carboxylic acids is 1. The fraction of sp³-hybridized carbons (Fsp3) is 0.429. The van der Waals surface area contributed by atoms with E-state index in [-0.39, 0.29) is 12.0 Å². The van der Waals surface area contributed by atoms with E-state index in [4.69, 9.17) is 9.72 Å². The first-order valence-corrected chi connectivity index (χ1v) is 10.8. The van der Waals surface area contributed by atoms with Gasteiger partial charge in [0.2, 0.25) is 0 Å². The van der Waals surface area contributed by atoms with Crippen molar-refractivity contribution in [3.05, 3.63) is 46.4 Å². The Bertz CT molecular complexity index is 1070. The van der Waals surface area contributed by atoms with Gasteiger partial charge in [0.05, 0.1) is 30.1 Å². The van der Waals surface area contributed by atoms with Gasteiger partial charge in [-0.2, -0.15) is 5.10 Å². The molecule has 1 atom stereocenters. The molecule has 0 aromatic carbocycles. The summed E-state index contributed by atoms with van der Waals surface area (Å²) >= 11 is 1.61. The summed E-state index contributed by atoms with van der Waals surface area (Å²) in [4.78, 5) is 25.7. The third kappa shape index (κ3) is 3.26. The third-order valence-corrected chi connectivity index (χ3v) is 6.85. The molecule has 0 saturated carbocycles. The summed E-state index contributed by atoms with van der Waals surface area (Å²) in [5.74, 6) is -0.0661. The van der Waals surface area contributed by atoms with Gasteiger partial charge in [-0.25, -0.2) is 4.98 Å². The molecule has 0 radical (unpaired) electrons. The fourth-order valence-corrected chi connectivity index (χ4v) is 5.20. The topological polar surface area (TPSA) is 73.1 Å². The second kappa shape index (κ2) is 7.35. The summed E-state index contributed by atoms with van der Waals surface area (Å²) in [6.45, 7) is 3.14. The minimum atomic E-state index is -0.0661. The normalized spacial score (nSPS) is 17.8. The molecule has 150 valence electrons. The van der Waals surface area contributed by atoms with Crippen LogP contribution in [0.1, 0.15) is 39.5 Å². The minimum Gasteiger partial charge on any atom is -0.376 e. The lowest BCUT2D eigenvalue weighted by atomic mass is 10.0. The van der Waals surface area contributed by atoms with Crippen LogP contribution >= 0.6 is 11.3 Å². The maximum Gasteiger partial charge on any atom is 0.261 e. The first kappa shape index (κ1) is 18.4. The van der Waals surface area contributed by atoms with Crippen LogP contribution in [0, 0.1) is 6.92 Å². The van der Waals surface area contributed by atoms with E-state index in [0.29, 0.717) is 12.1 Å². The van der Waals surface area contributed by atoms with E-state index in [2.05, 4.69) is 10.1 Å². The van der Waals surface area contributed by atoms with Crippen molar-refractivity contribution in [3.8, 4) is 11.3 Å². The van der Waals surface area contributed by atoms with Crippen LogP contribution in [-0.4, -0.2) is 44.9 Å². The Morgan fingerprint density at radius 2 is 2.31 bits per heavy atom. The van der Waals surface area contributed by atoms with Gasteiger partial charge in [-0.15, -0.1) is 11.3 Å². The molecule has 3 aromatic rings. The Labute approximate surface area is 173 Å². The van der Waals surface area contributed by atoms with Crippen molar-refractivity contribution in [1.29, 1.82) is 0 Å². The zero-order valence-corrected chi connectivity index (χ0v) is 17.4. The van der Waals surface area contributed by atoms with Crippen molar-refractivity contribution in [2.45, 2.75) is 38.7 Å². The van der Waals surface area contributed by atoms with Crippen LogP contribution in [0.2, 0.25) is 0 Å². The second-order valence-electron chi connectivity index (χ2n) is 7.58. The van der Waals surface area contributed by atoms with Crippen molar-refractivity contribution in [3.63, 3.8) is 0 Å². The minimum absolute atomic E-state index is 0.0470. The lowest BCUT2D eigenvalue weighted by Gasteiger charge is -2.23. The third-order valence-electron chi connectivity index (χ3n) is 5.72. The molecular weight excluding hydrogens is 386 g/mol. The molecular formula is C21H23N5O2S. The maximum absolute atomic E-state index is 13.5. The van der Waals surface area contributed by atoms with Crippen molar-refractivity contribution < 1.29 is 9.53 Å². The number of fused-ring (bicyclic) bond motifs is 3. The molecule has 4 heterocycles. The van der Waals surface area contributed by atoms with Crippen molar-refractivity contribution in [2.75, 3.05) is 18.1 Å². The number of nitrogens with zero attached hydrogens (tertiary/aromatic N) is 5. The number of ether oxygens (including phenoxy) is 1. The van der Waals surface area contributed by atoms with Gasteiger partial charge < -0.3 is 4.74 Å². The molecule has 8 heteroatoms. The maximum atomic E-state index is 13.5. The fourth-order valence-electron chi connectivity index (χ4n) is 4.12. The number of aromatic nitrogens is 4. The molecule has 0 N–H and O–H groups in total. The first-order chi connectivity index (χ1) is 14.1. The number of aryl methyl sites for hydroxylation is 3. The van der Waals surface area contributed by atoms with Crippen LogP contribution in [0.15, 0.2) is 24.5 Å². The molecule has 5 rings (SSSR count). The number of hydrogen-bond acceptors (Lipinski definition) is 6. The molecule has 3 aromatic heterocycles. The smallest absolute Gasteiger partial charge is 0.261 e. The molecule has 0 spiro atoms. The monoisotopic (exact) mass is 409 g/mol. The Kier molecular flexibility index (Phi) is 4.67. The number of rotatable bonds is 4. The van der Waals surface area contributed by atoms with Crippen LogP contribution in [0.4, 0.5) is 5.13 Å². The number of pyridine rings is 1. The molecule has 1 fully saturated rings. The quantitative estimate of drug-likeness (QED) is 0.662. The highest BCUT2D eigenvalue weighted by Gasteiger charge is 2.31. The van der Waals surface area contributed by atoms with E-state index in [1.165, 1.54) is 10.6 Å².